The summed E-state index contributed by atoms with van der Waals surface area (Å²) in [6, 6.07) is 86.2. The molecule has 5 heteroatoms. The molecule has 0 N–H and O–H groups in total. The largest absolute Gasteiger partial charge is 0.213 e. The van der Waals surface area contributed by atoms with Gasteiger partial charge in [-0.1, -0.05) is 236 Å². The van der Waals surface area contributed by atoms with Crippen molar-refractivity contribution >= 4 is 0 Å². The summed E-state index contributed by atoms with van der Waals surface area (Å²) in [5.74, 6) is -0.499. The Bertz CT molecular complexity index is 6970. The molecule has 5 heterocycles. The molecular formula is C117H122N5+5. The van der Waals surface area contributed by atoms with Gasteiger partial charge in [0, 0.05) is 71.1 Å². The van der Waals surface area contributed by atoms with Gasteiger partial charge in [-0.2, -0.15) is 0 Å². The van der Waals surface area contributed by atoms with Gasteiger partial charge in [-0.15, -0.1) is 0 Å². The first-order valence-corrected chi connectivity index (χ1v) is 44.0. The van der Waals surface area contributed by atoms with Gasteiger partial charge in [-0.25, -0.2) is 22.8 Å². The van der Waals surface area contributed by atoms with Gasteiger partial charge in [-0.05, 0) is 291 Å². The molecule has 0 aliphatic heterocycles. The Morgan fingerprint density at radius 1 is 0.336 bits per heavy atom. The van der Waals surface area contributed by atoms with E-state index in [0.717, 1.165) is 73.2 Å². The highest BCUT2D eigenvalue weighted by Crippen LogP contribution is 2.49. The van der Waals surface area contributed by atoms with Crippen molar-refractivity contribution in [3.8, 4) is 112 Å². The Balaban J connectivity index is 0.000000114. The lowest BCUT2D eigenvalue weighted by Gasteiger charge is -2.22. The Morgan fingerprint density at radius 3 is 1.02 bits per heavy atom. The number of pyridine rings is 5. The van der Waals surface area contributed by atoms with Gasteiger partial charge < -0.3 is 0 Å². The van der Waals surface area contributed by atoms with Crippen LogP contribution in [0, 0.1) is 59.7 Å². The van der Waals surface area contributed by atoms with Gasteiger partial charge in [0.1, 0.15) is 35.2 Å². The summed E-state index contributed by atoms with van der Waals surface area (Å²) in [6.45, 7) is 20.7. The van der Waals surface area contributed by atoms with Crippen LogP contribution in [0.3, 0.4) is 0 Å². The molecule has 1 fully saturated rings. The minimum atomic E-state index is -2.08. The summed E-state index contributed by atoms with van der Waals surface area (Å²) < 4.78 is 77.1. The zero-order valence-electron chi connectivity index (χ0n) is 82.4. The molecule has 10 aromatic carbocycles. The third-order valence-electron chi connectivity index (χ3n) is 26.0. The van der Waals surface area contributed by atoms with E-state index in [1.165, 1.54) is 209 Å². The van der Waals surface area contributed by atoms with Gasteiger partial charge in [0.25, 0.3) is 0 Å². The molecule has 0 amide bonds. The average molecular weight is 1610 g/mol. The third kappa shape index (κ3) is 16.5. The Kier molecular flexibility index (Phi) is 20.5. The lowest BCUT2D eigenvalue weighted by Crippen LogP contribution is -2.31. The van der Waals surface area contributed by atoms with Crippen LogP contribution in [0.4, 0.5) is 0 Å². The third-order valence-corrected chi connectivity index (χ3v) is 26.0. The molecule has 0 atom stereocenters. The van der Waals surface area contributed by atoms with Crippen LogP contribution in [0.25, 0.3) is 112 Å². The maximum absolute atomic E-state index is 9.09. The average Bonchev–Trinajstić information content (AvgIpc) is 1.62. The van der Waals surface area contributed by atoms with E-state index in [1.807, 2.05) is 97.0 Å². The highest BCUT2D eigenvalue weighted by atomic mass is 14.9. The number of hydrogen-bond acceptors (Lipinski definition) is 0. The molecule has 6 aliphatic carbocycles. The molecular weight excluding hydrogens is 1480 g/mol. The molecule has 610 valence electrons. The van der Waals surface area contributed by atoms with Crippen LogP contribution < -0.4 is 22.8 Å². The molecule has 0 bridgehead atoms. The van der Waals surface area contributed by atoms with E-state index in [1.54, 1.807) is 12.3 Å². The molecule has 0 spiro atoms. The topological polar surface area (TPSA) is 19.4 Å². The summed E-state index contributed by atoms with van der Waals surface area (Å²) in [5.41, 5.74) is 49.8. The van der Waals surface area contributed by atoms with Gasteiger partial charge in [0.2, 0.25) is 28.5 Å². The van der Waals surface area contributed by atoms with Crippen molar-refractivity contribution in [2.45, 2.75) is 166 Å². The number of hydrogen-bond donors (Lipinski definition) is 0. The minimum Gasteiger partial charge on any atom is -0.201 e. The number of rotatable bonds is 9. The van der Waals surface area contributed by atoms with E-state index >= 15 is 0 Å². The summed E-state index contributed by atoms with van der Waals surface area (Å²) in [5, 5.41) is 0. The number of nitrogens with zero attached hydrogens (tertiary/aromatic N) is 5. The van der Waals surface area contributed by atoms with E-state index in [-0.39, 0.29) is 5.92 Å². The van der Waals surface area contributed by atoms with Crippen molar-refractivity contribution in [1.82, 2.24) is 0 Å². The molecule has 1 saturated carbocycles. The second kappa shape index (κ2) is 34.5. The molecule has 0 unspecified atom stereocenters. The van der Waals surface area contributed by atoms with Crippen molar-refractivity contribution in [1.29, 1.82) is 0 Å². The highest BCUT2D eigenvalue weighted by molar-refractivity contribution is 5.90. The fourth-order valence-electron chi connectivity index (χ4n) is 20.1. The van der Waals surface area contributed by atoms with Crippen molar-refractivity contribution in [2.24, 2.45) is 46.6 Å². The SMILES string of the molecule is Cc1cc[n+](C)c(-c2c(C)ccc3c2Cc2ccccc2-3)c1.[2H]C([2H])([2H])c1ccc(-c2c(C)ccc3c2Cc2ccccc2-3)[n+](C)c1.[2H]C([2H])(c1cc[n+](C)c(-c2c(C)ccc3c2Cc2ccccc2-3)c1)C(C)(C)C.[2H]C([2H])(c1cc[n+](C)c(-c2c(C)ccc3c2Cc2ccccc2-3)c1)C(C)C.[2H]C1(c2cc[n+](C)c(-c3c(C)ccc4c3Cc3ccccc3-4)c2)CCCCC1. The van der Waals surface area contributed by atoms with Crippen LogP contribution in [0.5, 0.6) is 0 Å². The quantitative estimate of drug-likeness (QED) is 0.128. The van der Waals surface area contributed by atoms with E-state index < -0.39 is 30.9 Å². The van der Waals surface area contributed by atoms with Crippen LogP contribution in [0.1, 0.15) is 195 Å². The Labute approximate surface area is 738 Å². The number of aromatic nitrogens is 5. The fraction of sp³-hybridized carbons (Fsp3) is 0.274. The second-order valence-corrected chi connectivity index (χ2v) is 36.3. The number of benzene rings is 10. The molecule has 0 radical (unpaired) electrons. The van der Waals surface area contributed by atoms with Gasteiger partial charge >= 0.3 is 0 Å². The molecule has 122 heavy (non-hydrogen) atoms. The predicted molar refractivity (Wildman–Crippen MR) is 507 cm³/mol. The zero-order chi connectivity index (χ0) is 91.9. The first-order chi connectivity index (χ1) is 62.0. The molecule has 0 saturated heterocycles. The van der Waals surface area contributed by atoms with E-state index in [4.69, 9.17) is 11.0 Å². The maximum Gasteiger partial charge on any atom is 0.213 e. The summed E-state index contributed by atoms with van der Waals surface area (Å²) in [6.07, 6.45) is 17.7. The van der Waals surface area contributed by atoms with Crippen molar-refractivity contribution in [3.05, 3.63) is 385 Å². The highest BCUT2D eigenvalue weighted by Gasteiger charge is 2.34. The summed E-state index contributed by atoms with van der Waals surface area (Å²) in [7, 11) is 10.3. The predicted octanol–water partition coefficient (Wildman–Crippen LogP) is 25.7. The van der Waals surface area contributed by atoms with Crippen LogP contribution in [-0.4, -0.2) is 0 Å². The van der Waals surface area contributed by atoms with Crippen molar-refractivity contribution < 1.29 is 33.8 Å². The smallest absolute Gasteiger partial charge is 0.201 e. The van der Waals surface area contributed by atoms with E-state index in [0.29, 0.717) is 5.56 Å². The number of fused-ring (bicyclic) bond motifs is 15. The molecule has 5 aromatic heterocycles. The van der Waals surface area contributed by atoms with E-state index in [2.05, 4.69) is 299 Å². The lowest BCUT2D eigenvalue weighted by molar-refractivity contribution is -0.660. The monoisotopic (exact) mass is 1610 g/mol. The minimum absolute atomic E-state index is 0.0788. The Morgan fingerprint density at radius 2 is 0.664 bits per heavy atom. The molecule has 5 nitrogen and oxygen atoms in total. The number of aryl methyl sites for hydroxylation is 12. The molecule has 15 aromatic rings. The van der Waals surface area contributed by atoms with Crippen molar-refractivity contribution in [2.75, 3.05) is 0 Å². The molecule has 6 aliphatic rings. The lowest BCUT2D eigenvalue weighted by atomic mass is 9.83. The standard InChI is InChI=1S/C26H28N.C25H28N.C24H26N.2C21H20N/c1-18-12-13-23-22-11-7-6-10-21(22)16-24(23)26(18)25-17-20(14-15-27(25)2)19-8-4-3-5-9-19;1-17-10-11-21-20-9-7-6-8-19(20)15-22(21)24(17)23-14-18(12-13-26(23)5)16-25(2,3)4;1-16(2)13-18-11-12-25(4)23(14-18)24-17(3)9-10-21-20-8-6-5-7-19(20)15-22(21)24;1-14-8-11-20(22(3)13-14)21-15(2)9-10-18-17-7-5-4-6-16(17)12-19(18)21;1-14-10-11-22(3)20(12-14)21-15(2)8-9-18-17-7-5-4-6-16(17)13-19(18)21/h6-7,10-15,17,19H,3-5,8-9,16H2,1-2H3;6-14H,15-16H2,1-5H3;5-12,14,16H,13,15H2,1-4H3;4-11,13H,12H2,1-3H3;4-12H,13H2,1-3H3/q5*+1/i19D;16D2;13D2;1D3;. The second-order valence-electron chi connectivity index (χ2n) is 36.3. The maximum atomic E-state index is 9.09. The van der Waals surface area contributed by atoms with Gasteiger partial charge in [-0.3, -0.25) is 0 Å². The van der Waals surface area contributed by atoms with Crippen LogP contribution >= 0.6 is 0 Å². The van der Waals surface area contributed by atoms with Crippen LogP contribution in [0.15, 0.2) is 274 Å². The molecule has 21 rings (SSSR count). The van der Waals surface area contributed by atoms with Gasteiger partial charge in [0.05, 0.1) is 27.8 Å². The Hall–Kier alpha value is -12.1. The van der Waals surface area contributed by atoms with Crippen LogP contribution in [-0.2, 0) is 80.1 Å². The van der Waals surface area contributed by atoms with Crippen LogP contribution in [0.2, 0.25) is 0 Å². The first-order valence-electron chi connectivity index (χ1n) is 48.0. The van der Waals surface area contributed by atoms with Gasteiger partial charge in [0.15, 0.2) is 31.0 Å². The summed E-state index contributed by atoms with van der Waals surface area (Å²) >= 11 is 0. The fourth-order valence-corrected chi connectivity index (χ4v) is 20.1. The normalized spacial score (nSPS) is 14.8. The zero-order valence-corrected chi connectivity index (χ0v) is 74.4. The summed E-state index contributed by atoms with van der Waals surface area (Å²) in [4.78, 5) is 0. The van der Waals surface area contributed by atoms with Crippen molar-refractivity contribution in [3.63, 3.8) is 0 Å². The van der Waals surface area contributed by atoms with E-state index in [9.17, 15) is 0 Å². The first kappa shape index (κ1) is 72.7.